The van der Waals surface area contributed by atoms with Gasteiger partial charge in [-0.15, -0.1) is 11.3 Å². The Morgan fingerprint density at radius 3 is 2.59 bits per heavy atom. The van der Waals surface area contributed by atoms with Crippen molar-refractivity contribution in [3.8, 4) is 0 Å². The van der Waals surface area contributed by atoms with Gasteiger partial charge in [0.15, 0.2) is 6.04 Å². The summed E-state index contributed by atoms with van der Waals surface area (Å²) in [5, 5.41) is 7.40. The van der Waals surface area contributed by atoms with Gasteiger partial charge in [-0.1, -0.05) is 31.4 Å². The van der Waals surface area contributed by atoms with Gasteiger partial charge in [0.2, 0.25) is 5.91 Å². The third kappa shape index (κ3) is 5.72. The predicted molar refractivity (Wildman–Crippen MR) is 127 cm³/mol. The van der Waals surface area contributed by atoms with Crippen LogP contribution in [0.1, 0.15) is 53.6 Å². The molecule has 3 aromatic rings. The number of carbonyl (C=O) groups excluding carboxylic acids is 3. The van der Waals surface area contributed by atoms with Crippen LogP contribution in [-0.4, -0.2) is 30.3 Å². The van der Waals surface area contributed by atoms with Crippen LogP contribution in [0.25, 0.3) is 0 Å². The van der Waals surface area contributed by atoms with Crippen LogP contribution in [0.4, 0.5) is 10.1 Å². The van der Waals surface area contributed by atoms with Crippen LogP contribution in [0, 0.1) is 5.82 Å². The smallest absolute Gasteiger partial charge is 0.261 e. The number of furan rings is 1. The Balaban J connectivity index is 1.63. The topological polar surface area (TPSA) is 91.7 Å². The van der Waals surface area contributed by atoms with Crippen molar-refractivity contribution in [1.29, 1.82) is 0 Å². The highest BCUT2D eigenvalue weighted by atomic mass is 32.1. The molecular weight excluding hydrogens is 457 g/mol. The summed E-state index contributed by atoms with van der Waals surface area (Å²) < 4.78 is 19.7. The molecule has 34 heavy (non-hydrogen) atoms. The molecule has 1 aromatic carbocycles. The van der Waals surface area contributed by atoms with E-state index in [0.717, 1.165) is 32.1 Å². The first kappa shape index (κ1) is 23.7. The van der Waals surface area contributed by atoms with Crippen molar-refractivity contribution in [3.05, 3.63) is 76.6 Å². The number of thiophene rings is 1. The molecule has 1 atom stereocenters. The molecule has 1 aliphatic carbocycles. The molecule has 4 rings (SSSR count). The summed E-state index contributed by atoms with van der Waals surface area (Å²) in [6, 6.07) is 10.9. The molecule has 0 unspecified atom stereocenters. The maximum absolute atomic E-state index is 14.1. The molecule has 0 saturated heterocycles. The minimum atomic E-state index is -1.16. The normalized spacial score (nSPS) is 14.9. The van der Waals surface area contributed by atoms with E-state index in [1.165, 1.54) is 40.7 Å². The van der Waals surface area contributed by atoms with E-state index in [2.05, 4.69) is 10.6 Å². The molecular formula is C25H26FN3O4S. The summed E-state index contributed by atoms with van der Waals surface area (Å²) in [5.41, 5.74) is 0.190. The number of hydrogen-bond acceptors (Lipinski definition) is 5. The second-order valence-corrected chi connectivity index (χ2v) is 9.11. The van der Waals surface area contributed by atoms with Crippen LogP contribution in [0.15, 0.2) is 64.6 Å². The van der Waals surface area contributed by atoms with Gasteiger partial charge in [0.25, 0.3) is 11.8 Å². The molecule has 9 heteroatoms. The Hall–Kier alpha value is -3.46. The van der Waals surface area contributed by atoms with Crippen LogP contribution in [0.3, 0.4) is 0 Å². The molecule has 1 aliphatic rings. The molecule has 0 radical (unpaired) electrons. The van der Waals surface area contributed by atoms with Crippen LogP contribution in [0.5, 0.6) is 0 Å². The van der Waals surface area contributed by atoms with Crippen molar-refractivity contribution in [2.24, 2.45) is 0 Å². The van der Waals surface area contributed by atoms with Crippen molar-refractivity contribution in [2.45, 2.75) is 44.2 Å². The summed E-state index contributed by atoms with van der Waals surface area (Å²) >= 11 is 1.25. The van der Waals surface area contributed by atoms with E-state index in [4.69, 9.17) is 4.42 Å². The summed E-state index contributed by atoms with van der Waals surface area (Å²) in [6.07, 6.45) is 6.33. The first-order valence-corrected chi connectivity index (χ1v) is 12.1. The van der Waals surface area contributed by atoms with Crippen molar-refractivity contribution in [3.63, 3.8) is 0 Å². The van der Waals surface area contributed by atoms with E-state index in [1.807, 2.05) is 0 Å². The van der Waals surface area contributed by atoms with Crippen molar-refractivity contribution >= 4 is 34.7 Å². The van der Waals surface area contributed by atoms with E-state index in [9.17, 15) is 18.8 Å². The number of nitrogens with one attached hydrogen (secondary N) is 2. The van der Waals surface area contributed by atoms with Gasteiger partial charge in [-0.25, -0.2) is 4.39 Å². The van der Waals surface area contributed by atoms with Crippen molar-refractivity contribution in [1.82, 2.24) is 10.6 Å². The summed E-state index contributed by atoms with van der Waals surface area (Å²) in [4.78, 5) is 41.0. The zero-order valence-corrected chi connectivity index (χ0v) is 19.4. The first-order chi connectivity index (χ1) is 16.5. The fourth-order valence-corrected chi connectivity index (χ4v) is 4.79. The largest absolute Gasteiger partial charge is 0.467 e. The number of amides is 3. The maximum Gasteiger partial charge on any atom is 0.261 e. The van der Waals surface area contributed by atoms with E-state index in [1.54, 1.807) is 35.7 Å². The van der Waals surface area contributed by atoms with Crippen molar-refractivity contribution < 1.29 is 23.2 Å². The first-order valence-electron chi connectivity index (χ1n) is 11.3. The maximum atomic E-state index is 14.1. The lowest BCUT2D eigenvalue weighted by atomic mass is 9.95. The third-order valence-corrected chi connectivity index (χ3v) is 6.64. The second-order valence-electron chi connectivity index (χ2n) is 8.17. The minimum absolute atomic E-state index is 0.00158. The van der Waals surface area contributed by atoms with Gasteiger partial charge in [-0.05, 0) is 54.6 Å². The lowest BCUT2D eigenvalue weighted by molar-refractivity contribution is -0.127. The van der Waals surface area contributed by atoms with Gasteiger partial charge in [-0.2, -0.15) is 0 Å². The number of carbonyl (C=O) groups is 3. The molecule has 0 bridgehead atoms. The van der Waals surface area contributed by atoms with Gasteiger partial charge in [0.1, 0.15) is 11.6 Å². The lowest BCUT2D eigenvalue weighted by Crippen LogP contribution is -2.49. The summed E-state index contributed by atoms with van der Waals surface area (Å²) in [7, 11) is 0. The number of anilines is 1. The van der Waals surface area contributed by atoms with Gasteiger partial charge in [-0.3, -0.25) is 19.3 Å². The highest BCUT2D eigenvalue weighted by molar-refractivity contribution is 7.12. The van der Waals surface area contributed by atoms with Crippen LogP contribution < -0.4 is 15.5 Å². The van der Waals surface area contributed by atoms with Crippen LogP contribution in [-0.2, 0) is 9.59 Å². The molecule has 2 aromatic heterocycles. The molecule has 178 valence electrons. The van der Waals surface area contributed by atoms with E-state index >= 15 is 0 Å². The standard InChI is InChI=1S/C25H26FN3O4S/c26-17-7-4-10-19(15-17)29(22(30)16-27-24(31)21-12-6-14-34-21)23(20-11-5-13-33-20)25(32)28-18-8-2-1-3-9-18/h4-7,10-15,18,23H,1-3,8-9,16H2,(H,27,31)(H,28,32)/t23-/m1/s1. The molecule has 1 saturated carbocycles. The monoisotopic (exact) mass is 483 g/mol. The average Bonchev–Trinajstić information content (AvgIpc) is 3.56. The van der Waals surface area contributed by atoms with Crippen LogP contribution >= 0.6 is 11.3 Å². The number of halogens is 1. The fraction of sp³-hybridized carbons (Fsp3) is 0.320. The Morgan fingerprint density at radius 2 is 1.91 bits per heavy atom. The SMILES string of the molecule is O=C(NCC(=O)N(c1cccc(F)c1)[C@@H](C(=O)NC1CCCCC1)c1ccco1)c1cccs1. The second kappa shape index (κ2) is 11.1. The Morgan fingerprint density at radius 1 is 1.09 bits per heavy atom. The predicted octanol–water partition coefficient (Wildman–Crippen LogP) is 4.43. The molecule has 3 amide bonds. The van der Waals surface area contributed by atoms with Gasteiger partial charge >= 0.3 is 0 Å². The average molecular weight is 484 g/mol. The lowest BCUT2D eigenvalue weighted by Gasteiger charge is -2.32. The van der Waals surface area contributed by atoms with E-state index in [0.29, 0.717) is 4.88 Å². The van der Waals surface area contributed by atoms with Gasteiger partial charge in [0.05, 0.1) is 17.7 Å². The molecule has 2 N–H and O–H groups in total. The Bertz CT molecular complexity index is 1110. The zero-order chi connectivity index (χ0) is 23.9. The van der Waals surface area contributed by atoms with Crippen molar-refractivity contribution in [2.75, 3.05) is 11.4 Å². The molecule has 7 nitrogen and oxygen atoms in total. The quantitative estimate of drug-likeness (QED) is 0.496. The van der Waals surface area contributed by atoms with Gasteiger partial charge in [0, 0.05) is 11.7 Å². The molecule has 0 aliphatic heterocycles. The highest BCUT2D eigenvalue weighted by Gasteiger charge is 2.36. The van der Waals surface area contributed by atoms with E-state index < -0.39 is 29.6 Å². The Labute approximate surface area is 200 Å². The molecule has 1 fully saturated rings. The number of rotatable bonds is 8. The molecule has 2 heterocycles. The van der Waals surface area contributed by atoms with E-state index in [-0.39, 0.29) is 24.0 Å². The third-order valence-electron chi connectivity index (χ3n) is 5.77. The molecule has 0 spiro atoms. The highest BCUT2D eigenvalue weighted by Crippen LogP contribution is 2.30. The number of hydrogen-bond donors (Lipinski definition) is 2. The zero-order valence-electron chi connectivity index (χ0n) is 18.5. The van der Waals surface area contributed by atoms with Gasteiger partial charge < -0.3 is 15.1 Å². The fourth-order valence-electron chi connectivity index (χ4n) is 4.15. The minimum Gasteiger partial charge on any atom is -0.467 e. The van der Waals surface area contributed by atoms with Crippen LogP contribution in [0.2, 0.25) is 0 Å². The summed E-state index contributed by atoms with van der Waals surface area (Å²) in [6.45, 7) is -0.374. The number of nitrogens with zero attached hydrogens (tertiary/aromatic N) is 1. The number of benzene rings is 1. The summed E-state index contributed by atoms with van der Waals surface area (Å²) in [5.74, 6) is -1.69. The Kier molecular flexibility index (Phi) is 7.74.